The number of ether oxygens (including phenoxy) is 1. The van der Waals surface area contributed by atoms with E-state index in [4.69, 9.17) is 16.3 Å². The summed E-state index contributed by atoms with van der Waals surface area (Å²) in [4.78, 5) is 51.1. The lowest BCUT2D eigenvalue weighted by Gasteiger charge is -2.40. The first-order valence-corrected chi connectivity index (χ1v) is 21.9. The average molecular weight is 891 g/mol. The van der Waals surface area contributed by atoms with E-state index < -0.39 is 41.5 Å². The van der Waals surface area contributed by atoms with E-state index in [9.17, 15) is 14.4 Å². The van der Waals surface area contributed by atoms with E-state index in [1.807, 2.05) is 23.1 Å². The molecule has 332 valence electrons. The van der Waals surface area contributed by atoms with Crippen LogP contribution in [0, 0.1) is 17.7 Å². The van der Waals surface area contributed by atoms with Crippen LogP contribution in [0.15, 0.2) is 41.3 Å². The van der Waals surface area contributed by atoms with Gasteiger partial charge < -0.3 is 29.7 Å². The number of carbonyl (C=O) groups excluding carboxylic acids is 2. The molecule has 7 heterocycles. The quantitative estimate of drug-likeness (QED) is 0.113. The zero-order chi connectivity index (χ0) is 43.9. The molecule has 5 aliphatic rings. The molecule has 0 radical (unpaired) electrons. The predicted octanol–water partition coefficient (Wildman–Crippen LogP) is 6.67. The number of alkyl halides is 3. The van der Waals surface area contributed by atoms with Gasteiger partial charge in [-0.15, -0.1) is 0 Å². The monoisotopic (exact) mass is 890 g/mol. The Morgan fingerprint density at radius 1 is 0.952 bits per heavy atom. The largest absolute Gasteiger partial charge is 0.480 e. The highest BCUT2D eigenvalue weighted by Crippen LogP contribution is 2.46. The fraction of sp³-hybridized carbons (Fsp3) is 0.500. The number of halogens is 5. The third-order valence-corrected chi connectivity index (χ3v) is 14.0. The van der Waals surface area contributed by atoms with Gasteiger partial charge in [0.1, 0.15) is 16.5 Å². The lowest BCUT2D eigenvalue weighted by atomic mass is 9.84. The maximum absolute atomic E-state index is 16.6. The summed E-state index contributed by atoms with van der Waals surface area (Å²) in [5, 5.41) is 14.2. The van der Waals surface area contributed by atoms with Crippen LogP contribution in [0.4, 0.5) is 40.7 Å². The Morgan fingerprint density at radius 2 is 1.71 bits per heavy atom. The van der Waals surface area contributed by atoms with Crippen LogP contribution in [0.1, 0.15) is 68.5 Å². The number of hydrogen-bond donors (Lipinski definition) is 3. The zero-order valence-corrected chi connectivity index (χ0v) is 35.6. The maximum atomic E-state index is 16.6. The van der Waals surface area contributed by atoms with Crippen LogP contribution in [0.3, 0.4) is 0 Å². The number of imide groups is 1. The minimum Gasteiger partial charge on any atom is -0.480 e. The van der Waals surface area contributed by atoms with Crippen molar-refractivity contribution >= 4 is 68.4 Å². The van der Waals surface area contributed by atoms with Gasteiger partial charge in [-0.05, 0) is 74.5 Å². The van der Waals surface area contributed by atoms with Crippen molar-refractivity contribution in [3.8, 4) is 5.75 Å². The molecule has 1 saturated carbocycles. The maximum Gasteiger partial charge on any atom is 0.301 e. The molecule has 19 heteroatoms. The van der Waals surface area contributed by atoms with Crippen LogP contribution in [0.25, 0.3) is 21.8 Å². The van der Waals surface area contributed by atoms with Gasteiger partial charge in [0.2, 0.25) is 23.5 Å². The number of likely N-dealkylation sites (tertiary alicyclic amines) is 1. The van der Waals surface area contributed by atoms with Crippen molar-refractivity contribution in [3.63, 3.8) is 0 Å². The van der Waals surface area contributed by atoms with E-state index in [1.165, 1.54) is 29.9 Å². The second-order valence-electron chi connectivity index (χ2n) is 17.9. The van der Waals surface area contributed by atoms with Crippen LogP contribution in [0.5, 0.6) is 5.75 Å². The molecule has 3 N–H and O–H groups in total. The van der Waals surface area contributed by atoms with E-state index >= 15 is 17.6 Å². The summed E-state index contributed by atoms with van der Waals surface area (Å²) < 4.78 is 71.0. The van der Waals surface area contributed by atoms with Gasteiger partial charge in [0, 0.05) is 70.1 Å². The summed E-state index contributed by atoms with van der Waals surface area (Å²) in [6.07, 6.45) is 5.77. The van der Waals surface area contributed by atoms with E-state index in [2.05, 4.69) is 35.9 Å². The molecule has 3 saturated heterocycles. The second-order valence-corrected chi connectivity index (χ2v) is 18.3. The molecule has 14 nitrogen and oxygen atoms in total. The third-order valence-electron chi connectivity index (χ3n) is 13.7. The summed E-state index contributed by atoms with van der Waals surface area (Å²) in [6.45, 7) is 2.45. The molecule has 4 fully saturated rings. The number of rotatable bonds is 8. The summed E-state index contributed by atoms with van der Waals surface area (Å²) in [7, 11) is 3.23. The molecular weight excluding hydrogens is 844 g/mol. The highest BCUT2D eigenvalue weighted by atomic mass is 35.5. The number of fused-ring (bicyclic) bond motifs is 4. The van der Waals surface area contributed by atoms with E-state index in [0.29, 0.717) is 86.8 Å². The highest BCUT2D eigenvalue weighted by Gasteiger charge is 2.51. The van der Waals surface area contributed by atoms with Crippen LogP contribution in [-0.4, -0.2) is 92.3 Å². The summed E-state index contributed by atoms with van der Waals surface area (Å²) in [6, 6.07) is 6.90. The molecule has 0 spiro atoms. The predicted molar refractivity (Wildman–Crippen MR) is 229 cm³/mol. The first-order chi connectivity index (χ1) is 30.2. The Labute approximate surface area is 364 Å². The molecule has 4 aliphatic heterocycles. The standard InChI is InChI=1S/C44H47ClF4N10O4/c1-56-32-19-30(46)31(18-28(32)36-37(41(56)62)63-22-44(48,49)38(53-36)24-3-4-24)51-39-29(45)20-50-42(54-39)59-13-9-23(10-14-59)21-58-15-11-43(47,12-16-58)25-5-6-26-33(17-25)57(2)55-35(26)27-7-8-34(60)52-40(27)61/h5-6,17-20,23-24,27,38,53H,3-4,7-16,21-22H2,1-2H3,(H,50,51,54)(H,52,60,61). The molecule has 2 aromatic carbocycles. The molecule has 1 aliphatic carbocycles. The third kappa shape index (κ3) is 7.61. The summed E-state index contributed by atoms with van der Waals surface area (Å²) in [5.41, 5.74) is 0.0854. The Bertz CT molecular complexity index is 2730. The average Bonchev–Trinajstić information content (AvgIpc) is 4.07. The summed E-state index contributed by atoms with van der Waals surface area (Å²) in [5.74, 6) is -4.65. The highest BCUT2D eigenvalue weighted by molar-refractivity contribution is 6.33. The number of carbonyl (C=O) groups is 2. The minimum atomic E-state index is -3.22. The van der Waals surface area contributed by atoms with Crippen LogP contribution < -0.4 is 31.1 Å². The van der Waals surface area contributed by atoms with Crippen molar-refractivity contribution in [2.45, 2.75) is 74.9 Å². The molecule has 2 unspecified atom stereocenters. The van der Waals surface area contributed by atoms with Gasteiger partial charge in [-0.1, -0.05) is 23.7 Å². The van der Waals surface area contributed by atoms with E-state index in [1.54, 1.807) is 11.7 Å². The fourth-order valence-corrected chi connectivity index (χ4v) is 10.0. The Morgan fingerprint density at radius 3 is 2.44 bits per heavy atom. The number of benzene rings is 2. The van der Waals surface area contributed by atoms with Crippen molar-refractivity contribution in [3.05, 3.63) is 69.0 Å². The second kappa shape index (κ2) is 15.6. The van der Waals surface area contributed by atoms with Gasteiger partial charge in [-0.3, -0.25) is 24.4 Å². The minimum absolute atomic E-state index is 0.0235. The van der Waals surface area contributed by atoms with Crippen LogP contribution in [-0.2, 0) is 29.4 Å². The molecule has 10 rings (SSSR count). The van der Waals surface area contributed by atoms with Gasteiger partial charge in [0.05, 0.1) is 46.3 Å². The summed E-state index contributed by atoms with van der Waals surface area (Å²) >= 11 is 6.55. The van der Waals surface area contributed by atoms with Crippen LogP contribution in [0.2, 0.25) is 5.02 Å². The zero-order valence-electron chi connectivity index (χ0n) is 34.8. The number of hydrogen-bond acceptors (Lipinski definition) is 11. The van der Waals surface area contributed by atoms with Crippen molar-refractivity contribution in [2.75, 3.05) is 54.9 Å². The van der Waals surface area contributed by atoms with Crippen molar-refractivity contribution in [1.29, 1.82) is 0 Å². The number of aromatic nitrogens is 5. The van der Waals surface area contributed by atoms with Gasteiger partial charge in [0.25, 0.3) is 5.56 Å². The van der Waals surface area contributed by atoms with Crippen molar-refractivity contribution in [1.82, 2.24) is 34.5 Å². The topological polar surface area (TPSA) is 152 Å². The molecule has 63 heavy (non-hydrogen) atoms. The lowest BCUT2D eigenvalue weighted by Crippen LogP contribution is -2.44. The fourth-order valence-electron chi connectivity index (χ4n) is 9.88. The van der Waals surface area contributed by atoms with Gasteiger partial charge in [0.15, 0.2) is 12.4 Å². The van der Waals surface area contributed by atoms with Gasteiger partial charge >= 0.3 is 5.92 Å². The van der Waals surface area contributed by atoms with Gasteiger partial charge in [-0.25, -0.2) is 22.5 Å². The normalized spacial score (nSPS) is 22.9. The molecule has 2 atom stereocenters. The lowest BCUT2D eigenvalue weighted by molar-refractivity contribution is -0.134. The Balaban J connectivity index is 0.783. The van der Waals surface area contributed by atoms with Crippen LogP contribution >= 0.6 is 11.6 Å². The molecule has 3 aromatic heterocycles. The van der Waals surface area contributed by atoms with Crippen molar-refractivity contribution in [2.24, 2.45) is 25.9 Å². The first-order valence-electron chi connectivity index (χ1n) is 21.6. The molecule has 2 amide bonds. The smallest absolute Gasteiger partial charge is 0.301 e. The number of anilines is 4. The number of pyridine rings is 1. The molecular formula is C44H47ClF4N10O4. The number of nitrogens with one attached hydrogen (secondary N) is 3. The first kappa shape index (κ1) is 41.5. The van der Waals surface area contributed by atoms with Gasteiger partial charge in [-0.2, -0.15) is 10.1 Å². The van der Waals surface area contributed by atoms with E-state index in [0.717, 1.165) is 30.3 Å². The number of amides is 2. The number of aryl methyl sites for hydroxylation is 2. The van der Waals surface area contributed by atoms with E-state index in [-0.39, 0.29) is 57.6 Å². The van der Waals surface area contributed by atoms with Crippen molar-refractivity contribution < 1.29 is 31.9 Å². The Kier molecular flexibility index (Phi) is 10.3. The molecule has 0 bridgehead atoms. The Hall–Kier alpha value is -5.49. The number of piperidine rings is 3. The number of nitrogens with zero attached hydrogens (tertiary/aromatic N) is 7. The molecule has 5 aromatic rings. The SMILES string of the molecule is Cn1nc(C2CCC(=O)NC2=O)c2ccc(C3(F)CCN(CC4CCN(c5ncc(Cl)c(Nc6cc7c8c(c(=O)n(C)c7cc6F)OCC(F)(F)C(C6CC6)N8)n5)CC4)CC3)cc21.